The minimum atomic E-state index is -4.51. The summed E-state index contributed by atoms with van der Waals surface area (Å²) >= 11 is 1.23. The fourth-order valence-electron chi connectivity index (χ4n) is 4.56. The van der Waals surface area contributed by atoms with Gasteiger partial charge in [0.05, 0.1) is 18.2 Å². The van der Waals surface area contributed by atoms with Gasteiger partial charge in [0.1, 0.15) is 12.1 Å². The smallest absolute Gasteiger partial charge is 0.399 e. The first-order valence-corrected chi connectivity index (χ1v) is 13.7. The Morgan fingerprint density at radius 1 is 1.25 bits per heavy atom. The number of ketones is 1. The molecule has 4 heterocycles. The summed E-state index contributed by atoms with van der Waals surface area (Å²) in [7, 11) is -4.51. The van der Waals surface area contributed by atoms with E-state index in [0.717, 1.165) is 10.5 Å². The van der Waals surface area contributed by atoms with Crippen LogP contribution < -0.4 is 10.1 Å². The van der Waals surface area contributed by atoms with E-state index < -0.39 is 57.6 Å². The number of sulfonamides is 1. The molecule has 2 aromatic rings. The third-order valence-electron chi connectivity index (χ3n) is 6.09. The summed E-state index contributed by atoms with van der Waals surface area (Å²) in [6, 6.07) is 3.27. The number of thiophene rings is 1. The lowest BCUT2D eigenvalue weighted by molar-refractivity contribution is -0.138. The second kappa shape index (κ2) is 10.4. The number of nitrogens with one attached hydrogen (secondary N) is 1. The van der Waals surface area contributed by atoms with Gasteiger partial charge in [-0.3, -0.25) is 19.4 Å². The van der Waals surface area contributed by atoms with Gasteiger partial charge in [-0.15, -0.1) is 11.3 Å². The maximum Gasteiger partial charge on any atom is 0.414 e. The highest BCUT2D eigenvalue weighted by Crippen LogP contribution is 2.33. The van der Waals surface area contributed by atoms with Gasteiger partial charge in [-0.05, 0) is 48.4 Å². The highest BCUT2D eigenvalue weighted by Gasteiger charge is 2.55. The number of aromatic nitrogens is 1. The summed E-state index contributed by atoms with van der Waals surface area (Å²) < 4.78 is 32.3. The van der Waals surface area contributed by atoms with Crippen molar-refractivity contribution in [1.29, 1.82) is 0 Å². The van der Waals surface area contributed by atoms with E-state index in [-0.39, 0.29) is 24.4 Å². The van der Waals surface area contributed by atoms with Gasteiger partial charge in [0.25, 0.3) is 15.1 Å². The SMILES string of the molecule is CC(C)CC(NC(=O)Oc1cccs1)C(=O)N1CCC2C1C(=O)CN2S(=O)(=O)C(=O)c1cccnc1. The lowest BCUT2D eigenvalue weighted by Crippen LogP contribution is -2.53. The first kappa shape index (κ1) is 25.9. The number of nitrogens with zero attached hydrogens (tertiary/aromatic N) is 3. The van der Waals surface area contributed by atoms with E-state index in [0.29, 0.717) is 11.5 Å². The molecule has 2 aromatic heterocycles. The van der Waals surface area contributed by atoms with E-state index in [1.807, 2.05) is 13.8 Å². The predicted molar refractivity (Wildman–Crippen MR) is 130 cm³/mol. The molecule has 0 saturated carbocycles. The summed E-state index contributed by atoms with van der Waals surface area (Å²) in [4.78, 5) is 56.6. The Labute approximate surface area is 212 Å². The monoisotopic (exact) mass is 534 g/mol. The van der Waals surface area contributed by atoms with Crippen molar-refractivity contribution in [2.24, 2.45) is 5.92 Å². The van der Waals surface area contributed by atoms with Crippen molar-refractivity contribution in [3.63, 3.8) is 0 Å². The Morgan fingerprint density at radius 3 is 2.67 bits per heavy atom. The largest absolute Gasteiger partial charge is 0.414 e. The van der Waals surface area contributed by atoms with E-state index in [9.17, 15) is 27.6 Å². The molecule has 0 spiro atoms. The van der Waals surface area contributed by atoms with Crippen molar-refractivity contribution in [1.82, 2.24) is 19.5 Å². The van der Waals surface area contributed by atoms with Crippen molar-refractivity contribution in [2.45, 2.75) is 44.8 Å². The molecule has 2 amide bonds. The van der Waals surface area contributed by atoms with Crippen LogP contribution in [0.1, 0.15) is 37.0 Å². The third-order valence-corrected chi connectivity index (χ3v) is 8.55. The molecule has 192 valence electrons. The summed E-state index contributed by atoms with van der Waals surface area (Å²) in [6.07, 6.45) is 2.25. The average Bonchev–Trinajstić information content (AvgIpc) is 3.57. The number of amides is 2. The Kier molecular flexibility index (Phi) is 7.52. The number of rotatable bonds is 7. The number of likely N-dealkylation sites (tertiary alicyclic amines) is 1. The van der Waals surface area contributed by atoms with E-state index in [1.165, 1.54) is 34.6 Å². The van der Waals surface area contributed by atoms with Crippen LogP contribution in [0.3, 0.4) is 0 Å². The Morgan fingerprint density at radius 2 is 2.03 bits per heavy atom. The zero-order chi connectivity index (χ0) is 26.0. The minimum absolute atomic E-state index is 0.0349. The maximum absolute atomic E-state index is 13.5. The molecule has 3 atom stereocenters. The first-order valence-electron chi connectivity index (χ1n) is 11.4. The third kappa shape index (κ3) is 5.18. The van der Waals surface area contributed by atoms with Crippen molar-refractivity contribution in [3.8, 4) is 5.06 Å². The fourth-order valence-corrected chi connectivity index (χ4v) is 6.64. The lowest BCUT2D eigenvalue weighted by Gasteiger charge is -2.28. The molecule has 2 fully saturated rings. The Balaban J connectivity index is 1.51. The van der Waals surface area contributed by atoms with Gasteiger partial charge in [-0.25, -0.2) is 13.2 Å². The zero-order valence-corrected chi connectivity index (χ0v) is 21.3. The molecule has 0 radical (unpaired) electrons. The number of pyridine rings is 1. The van der Waals surface area contributed by atoms with Crippen molar-refractivity contribution < 1.29 is 32.3 Å². The second-order valence-electron chi connectivity index (χ2n) is 9.03. The second-order valence-corrected chi connectivity index (χ2v) is 11.7. The molecule has 1 N–H and O–H groups in total. The molecule has 4 rings (SSSR count). The first-order chi connectivity index (χ1) is 17.1. The highest BCUT2D eigenvalue weighted by atomic mass is 32.2. The lowest BCUT2D eigenvalue weighted by atomic mass is 10.0. The van der Waals surface area contributed by atoms with E-state index in [2.05, 4.69) is 10.3 Å². The quantitative estimate of drug-likeness (QED) is 0.565. The van der Waals surface area contributed by atoms with Crippen LogP contribution in [0.5, 0.6) is 5.06 Å². The van der Waals surface area contributed by atoms with Crippen molar-refractivity contribution >= 4 is 44.3 Å². The van der Waals surface area contributed by atoms with E-state index in [4.69, 9.17) is 4.74 Å². The summed E-state index contributed by atoms with van der Waals surface area (Å²) in [5.74, 6) is -0.934. The number of carbonyl (C=O) groups is 4. The molecule has 0 aromatic carbocycles. The number of fused-ring (bicyclic) bond motifs is 1. The van der Waals surface area contributed by atoms with Crippen LogP contribution in [-0.2, 0) is 19.6 Å². The average molecular weight is 535 g/mol. The number of ether oxygens (including phenoxy) is 1. The van der Waals surface area contributed by atoms with Crippen LogP contribution in [0.15, 0.2) is 42.0 Å². The van der Waals surface area contributed by atoms with Crippen molar-refractivity contribution in [2.75, 3.05) is 13.1 Å². The number of hydrogen-bond acceptors (Lipinski definition) is 9. The Hall–Kier alpha value is -3.16. The van der Waals surface area contributed by atoms with Gasteiger partial charge >= 0.3 is 6.09 Å². The molecule has 0 bridgehead atoms. The van der Waals surface area contributed by atoms with Gasteiger partial charge in [0.15, 0.2) is 10.8 Å². The molecule has 2 aliphatic heterocycles. The van der Waals surface area contributed by atoms with Crippen LogP contribution in [0.25, 0.3) is 0 Å². The molecular formula is C23H26N4O7S2. The molecule has 2 saturated heterocycles. The molecule has 13 heteroatoms. The molecule has 36 heavy (non-hydrogen) atoms. The van der Waals surface area contributed by atoms with Crippen LogP contribution in [0.4, 0.5) is 4.79 Å². The standard InChI is InChI=1S/C23H26N4O7S2/c1-14(2)11-16(25-23(31)34-19-6-4-10-35-19)21(29)26-9-7-17-20(26)18(28)13-27(17)36(32,33)22(30)15-5-3-8-24-12-15/h3-6,8,10,12,14,16-17,20H,7,9,11,13H2,1-2H3,(H,25,31). The topological polar surface area (TPSA) is 143 Å². The van der Waals surface area contributed by atoms with E-state index in [1.54, 1.807) is 17.5 Å². The normalized spacial score (nSPS) is 20.9. The van der Waals surface area contributed by atoms with Crippen molar-refractivity contribution in [3.05, 3.63) is 47.6 Å². The molecule has 11 nitrogen and oxygen atoms in total. The summed E-state index contributed by atoms with van der Waals surface area (Å²) in [5, 5.41) is 3.56. The minimum Gasteiger partial charge on any atom is -0.399 e. The number of Topliss-reactive ketones (excluding diaryl/α,β-unsaturated/α-hetero) is 1. The molecule has 3 unspecified atom stereocenters. The number of carbonyl (C=O) groups excluding carboxylic acids is 4. The number of hydrogen-bond donors (Lipinski definition) is 1. The summed E-state index contributed by atoms with van der Waals surface area (Å²) in [6.45, 7) is 3.39. The predicted octanol–water partition coefficient (Wildman–Crippen LogP) is 1.67. The fraction of sp³-hybridized carbons (Fsp3) is 0.435. The van der Waals surface area contributed by atoms with Crippen LogP contribution in [-0.4, -0.2) is 76.7 Å². The highest BCUT2D eigenvalue weighted by molar-refractivity contribution is 8.04. The van der Waals surface area contributed by atoms with Gasteiger partial charge < -0.3 is 15.0 Å². The molecule has 0 aliphatic carbocycles. The summed E-state index contributed by atoms with van der Waals surface area (Å²) in [5.41, 5.74) is -0.107. The zero-order valence-electron chi connectivity index (χ0n) is 19.7. The van der Waals surface area contributed by atoms with Crippen LogP contribution in [0, 0.1) is 5.92 Å². The van der Waals surface area contributed by atoms with Gasteiger partial charge in [0, 0.05) is 18.9 Å². The van der Waals surface area contributed by atoms with E-state index >= 15 is 0 Å². The maximum atomic E-state index is 13.5. The molecular weight excluding hydrogens is 508 g/mol. The van der Waals surface area contributed by atoms with Gasteiger partial charge in [-0.2, -0.15) is 4.31 Å². The van der Waals surface area contributed by atoms with Crippen LogP contribution >= 0.6 is 11.3 Å². The van der Waals surface area contributed by atoms with Gasteiger partial charge in [-0.1, -0.05) is 13.8 Å². The molecule has 2 aliphatic rings. The Bertz CT molecular complexity index is 1250. The van der Waals surface area contributed by atoms with Gasteiger partial charge in [0.2, 0.25) is 5.91 Å². The van der Waals surface area contributed by atoms with Crippen LogP contribution in [0.2, 0.25) is 0 Å².